The van der Waals surface area contributed by atoms with E-state index in [9.17, 15) is 0 Å². The van der Waals surface area contributed by atoms with E-state index < -0.39 is 0 Å². The summed E-state index contributed by atoms with van der Waals surface area (Å²) in [5.74, 6) is 0.785. The maximum Gasteiger partial charge on any atom is 0.0364 e. The van der Waals surface area contributed by atoms with Gasteiger partial charge in [0.2, 0.25) is 0 Å². The van der Waals surface area contributed by atoms with E-state index in [4.69, 9.17) is 0 Å². The first-order valence-corrected chi connectivity index (χ1v) is 4.37. The molecule has 1 nitrogen and oxygen atoms in total. The van der Waals surface area contributed by atoms with Gasteiger partial charge in [0.1, 0.15) is 0 Å². The minimum absolute atomic E-state index is 0.785. The summed E-state index contributed by atoms with van der Waals surface area (Å²) in [5.41, 5.74) is 0. The van der Waals surface area contributed by atoms with Crippen molar-refractivity contribution in [2.24, 2.45) is 5.92 Å². The molecule has 0 aromatic heterocycles. The molecule has 0 amide bonds. The van der Waals surface area contributed by atoms with Crippen molar-refractivity contribution in [2.45, 2.75) is 39.5 Å². The van der Waals surface area contributed by atoms with E-state index >= 15 is 0 Å². The molecule has 0 unspecified atom stereocenters. The summed E-state index contributed by atoms with van der Waals surface area (Å²) in [4.78, 5) is 0. The van der Waals surface area contributed by atoms with Crippen LogP contribution in [0.4, 0.5) is 0 Å². The van der Waals surface area contributed by atoms with Crippen LogP contribution in [0.5, 0.6) is 0 Å². The zero-order chi connectivity index (χ0) is 7.40. The molecule has 1 aliphatic rings. The van der Waals surface area contributed by atoms with Crippen LogP contribution in [0.3, 0.4) is 0 Å². The predicted octanol–water partition coefficient (Wildman–Crippen LogP) is 2.34. The van der Waals surface area contributed by atoms with Gasteiger partial charge in [0, 0.05) is 6.04 Å². The lowest BCUT2D eigenvalue weighted by molar-refractivity contribution is 0.545. The van der Waals surface area contributed by atoms with Gasteiger partial charge in [-0.05, 0) is 25.3 Å². The molecule has 1 saturated carbocycles. The normalized spacial score (nSPS) is 20.7. The average Bonchev–Trinajstić information content (AvgIpc) is 2.34. The molecule has 0 heterocycles. The summed E-state index contributed by atoms with van der Waals surface area (Å²) in [6.07, 6.45) is 5.46. The summed E-state index contributed by atoms with van der Waals surface area (Å²) in [7, 11) is 0. The van der Waals surface area contributed by atoms with Crippen LogP contribution in [-0.2, 0) is 0 Å². The second-order valence-corrected chi connectivity index (χ2v) is 3.59. The maximum absolute atomic E-state index is 3.50. The van der Waals surface area contributed by atoms with E-state index in [2.05, 4.69) is 19.2 Å². The third kappa shape index (κ3) is 2.70. The summed E-state index contributed by atoms with van der Waals surface area (Å²) in [5, 5.41) is 3.50. The summed E-state index contributed by atoms with van der Waals surface area (Å²) >= 11 is 0. The Morgan fingerprint density at radius 1 is 1.30 bits per heavy atom. The first-order chi connectivity index (χ1) is 4.79. The highest BCUT2D eigenvalue weighted by Crippen LogP contribution is 2.23. The van der Waals surface area contributed by atoms with Crippen molar-refractivity contribution >= 4 is 0 Å². The smallest absolute Gasteiger partial charge is 0.0364 e. The summed E-state index contributed by atoms with van der Waals surface area (Å²) < 4.78 is 0. The molecule has 1 rings (SSSR count). The Hall–Kier alpha value is -0.0400. The van der Waals surface area contributed by atoms with Crippen molar-refractivity contribution < 1.29 is 0 Å². The highest BCUT2D eigenvalue weighted by Gasteiger charge is 2.14. The Balaban J connectivity index is 2.01. The standard InChI is InChI=1S/C9H18N/c1-8(2)7-10-9-5-3-4-6-9/h8,10H,3-7H2,1-2H3. The van der Waals surface area contributed by atoms with Crippen LogP contribution in [0.2, 0.25) is 0 Å². The molecule has 1 fully saturated rings. The van der Waals surface area contributed by atoms with Crippen LogP contribution in [0.15, 0.2) is 0 Å². The van der Waals surface area contributed by atoms with E-state index in [1.54, 1.807) is 6.04 Å². The Bertz CT molecular complexity index is 82.7. The monoisotopic (exact) mass is 140 g/mol. The van der Waals surface area contributed by atoms with Gasteiger partial charge in [-0.25, -0.2) is 0 Å². The Morgan fingerprint density at radius 3 is 2.40 bits per heavy atom. The van der Waals surface area contributed by atoms with Crippen LogP contribution >= 0.6 is 0 Å². The lowest BCUT2D eigenvalue weighted by Crippen LogP contribution is -2.22. The lowest BCUT2D eigenvalue weighted by Gasteiger charge is -2.12. The van der Waals surface area contributed by atoms with Crippen LogP contribution in [0, 0.1) is 12.0 Å². The van der Waals surface area contributed by atoms with Gasteiger partial charge in [-0.1, -0.05) is 26.7 Å². The molecule has 0 saturated heterocycles. The van der Waals surface area contributed by atoms with Gasteiger partial charge < -0.3 is 5.32 Å². The fourth-order valence-corrected chi connectivity index (χ4v) is 1.33. The molecule has 10 heavy (non-hydrogen) atoms. The van der Waals surface area contributed by atoms with Crippen LogP contribution in [0.25, 0.3) is 0 Å². The Labute approximate surface area is 64.2 Å². The van der Waals surface area contributed by atoms with Gasteiger partial charge in [-0.2, -0.15) is 0 Å². The molecule has 0 spiro atoms. The molecule has 1 heteroatoms. The van der Waals surface area contributed by atoms with Crippen LogP contribution in [-0.4, -0.2) is 6.54 Å². The Kier molecular flexibility index (Phi) is 3.20. The third-order valence-electron chi connectivity index (χ3n) is 1.97. The minimum atomic E-state index is 0.785. The molecule has 0 aliphatic heterocycles. The molecule has 0 aromatic rings. The van der Waals surface area contributed by atoms with E-state index in [1.165, 1.54) is 25.7 Å². The van der Waals surface area contributed by atoms with Gasteiger partial charge in [0.25, 0.3) is 0 Å². The zero-order valence-corrected chi connectivity index (χ0v) is 7.11. The first-order valence-electron chi connectivity index (χ1n) is 4.37. The van der Waals surface area contributed by atoms with Crippen molar-refractivity contribution in [2.75, 3.05) is 6.54 Å². The molecule has 1 aliphatic carbocycles. The van der Waals surface area contributed by atoms with Crippen molar-refractivity contribution in [3.8, 4) is 0 Å². The van der Waals surface area contributed by atoms with Gasteiger partial charge in [0.05, 0.1) is 0 Å². The molecular weight excluding hydrogens is 122 g/mol. The minimum Gasteiger partial charge on any atom is -0.309 e. The average molecular weight is 140 g/mol. The van der Waals surface area contributed by atoms with Crippen LogP contribution < -0.4 is 5.32 Å². The van der Waals surface area contributed by atoms with Crippen LogP contribution in [0.1, 0.15) is 39.5 Å². The number of hydrogen-bond acceptors (Lipinski definition) is 1. The van der Waals surface area contributed by atoms with Crippen molar-refractivity contribution in [3.05, 3.63) is 6.04 Å². The molecule has 0 atom stereocenters. The second kappa shape index (κ2) is 3.97. The zero-order valence-electron chi connectivity index (χ0n) is 7.11. The van der Waals surface area contributed by atoms with E-state index in [-0.39, 0.29) is 0 Å². The van der Waals surface area contributed by atoms with Gasteiger partial charge in [-0.3, -0.25) is 0 Å². The highest BCUT2D eigenvalue weighted by atomic mass is 14.9. The lowest BCUT2D eigenvalue weighted by atomic mass is 10.2. The molecule has 1 N–H and O–H groups in total. The third-order valence-corrected chi connectivity index (χ3v) is 1.97. The summed E-state index contributed by atoms with van der Waals surface area (Å²) in [6.45, 7) is 5.67. The molecule has 59 valence electrons. The van der Waals surface area contributed by atoms with Crippen molar-refractivity contribution in [1.82, 2.24) is 5.32 Å². The fraction of sp³-hybridized carbons (Fsp3) is 0.889. The molecule has 1 radical (unpaired) electrons. The predicted molar refractivity (Wildman–Crippen MR) is 44.6 cm³/mol. The quantitative estimate of drug-likeness (QED) is 0.634. The van der Waals surface area contributed by atoms with Gasteiger partial charge in [0.15, 0.2) is 0 Å². The fourth-order valence-electron chi connectivity index (χ4n) is 1.33. The SMILES string of the molecule is CC(C)CN[C]1CCCC1. The highest BCUT2D eigenvalue weighted by molar-refractivity contribution is 4.91. The van der Waals surface area contributed by atoms with Crippen molar-refractivity contribution in [3.63, 3.8) is 0 Å². The first kappa shape index (κ1) is 8.06. The number of rotatable bonds is 3. The Morgan fingerprint density at radius 2 is 1.90 bits per heavy atom. The van der Waals surface area contributed by atoms with Gasteiger partial charge >= 0.3 is 0 Å². The second-order valence-electron chi connectivity index (χ2n) is 3.59. The van der Waals surface area contributed by atoms with E-state index in [0.717, 1.165) is 12.5 Å². The largest absolute Gasteiger partial charge is 0.309 e. The number of hydrogen-bond donors (Lipinski definition) is 1. The topological polar surface area (TPSA) is 12.0 Å². The van der Waals surface area contributed by atoms with Crippen molar-refractivity contribution in [1.29, 1.82) is 0 Å². The van der Waals surface area contributed by atoms with E-state index in [1.807, 2.05) is 0 Å². The molecule has 0 aromatic carbocycles. The molecule has 0 bridgehead atoms. The summed E-state index contributed by atoms with van der Waals surface area (Å²) in [6, 6.07) is 1.59. The van der Waals surface area contributed by atoms with Gasteiger partial charge in [-0.15, -0.1) is 0 Å². The molecular formula is C9H18N. The maximum atomic E-state index is 3.50. The van der Waals surface area contributed by atoms with E-state index in [0.29, 0.717) is 0 Å². The number of nitrogens with one attached hydrogen (secondary N) is 1.